The highest BCUT2D eigenvalue weighted by Crippen LogP contribution is 2.22. The SMILES string of the molecule is CN(CC(=O)NNc1ccccc1[N+](=O)[O-])S(=O)(=O)c1ccc(C#N)cc1. The first-order chi connectivity index (χ1) is 12.8. The molecule has 2 N–H and O–H groups in total. The molecule has 1 amide bonds. The van der Waals surface area contributed by atoms with Crippen LogP contribution in [0.4, 0.5) is 11.4 Å². The van der Waals surface area contributed by atoms with Crippen molar-refractivity contribution in [1.82, 2.24) is 9.73 Å². The van der Waals surface area contributed by atoms with Gasteiger partial charge in [0.25, 0.3) is 11.6 Å². The molecule has 0 aromatic heterocycles. The predicted molar refractivity (Wildman–Crippen MR) is 95.8 cm³/mol. The number of sulfonamides is 1. The highest BCUT2D eigenvalue weighted by Gasteiger charge is 2.23. The van der Waals surface area contributed by atoms with Gasteiger partial charge in [-0.05, 0) is 30.3 Å². The Morgan fingerprint density at radius 1 is 1.22 bits per heavy atom. The fourth-order valence-electron chi connectivity index (χ4n) is 2.08. The predicted octanol–water partition coefficient (Wildman–Crippen LogP) is 1.23. The first-order valence-electron chi connectivity index (χ1n) is 7.50. The van der Waals surface area contributed by atoms with Crippen LogP contribution in [-0.2, 0) is 14.8 Å². The van der Waals surface area contributed by atoms with Crippen LogP contribution in [0.25, 0.3) is 0 Å². The third kappa shape index (κ3) is 4.78. The van der Waals surface area contributed by atoms with Crippen LogP contribution < -0.4 is 10.9 Å². The minimum absolute atomic E-state index is 0.0634. The van der Waals surface area contributed by atoms with Gasteiger partial charge in [-0.1, -0.05) is 12.1 Å². The van der Waals surface area contributed by atoms with E-state index in [1.165, 1.54) is 49.5 Å². The molecule has 2 aromatic rings. The number of benzene rings is 2. The van der Waals surface area contributed by atoms with Crippen molar-refractivity contribution in [1.29, 1.82) is 5.26 Å². The number of rotatable bonds is 7. The number of hydrogen-bond acceptors (Lipinski definition) is 7. The summed E-state index contributed by atoms with van der Waals surface area (Å²) in [5.74, 6) is -0.715. The van der Waals surface area contributed by atoms with E-state index in [1.54, 1.807) is 6.07 Å². The average Bonchev–Trinajstić information content (AvgIpc) is 2.66. The van der Waals surface area contributed by atoms with Crippen molar-refractivity contribution in [2.75, 3.05) is 19.0 Å². The molecule has 2 aromatic carbocycles. The van der Waals surface area contributed by atoms with E-state index >= 15 is 0 Å². The van der Waals surface area contributed by atoms with Crippen LogP contribution in [0.5, 0.6) is 0 Å². The van der Waals surface area contributed by atoms with Gasteiger partial charge in [0.2, 0.25) is 10.0 Å². The van der Waals surface area contributed by atoms with E-state index in [-0.39, 0.29) is 16.3 Å². The highest BCUT2D eigenvalue weighted by molar-refractivity contribution is 7.89. The lowest BCUT2D eigenvalue weighted by Crippen LogP contribution is -2.40. The third-order valence-corrected chi connectivity index (χ3v) is 5.31. The molecule has 0 aliphatic carbocycles. The molecule has 0 aliphatic heterocycles. The zero-order valence-electron chi connectivity index (χ0n) is 14.1. The molecule has 2 rings (SSSR count). The van der Waals surface area contributed by atoms with Crippen molar-refractivity contribution < 1.29 is 18.1 Å². The second kappa shape index (κ2) is 8.26. The number of para-hydroxylation sites is 2. The highest BCUT2D eigenvalue weighted by atomic mass is 32.2. The van der Waals surface area contributed by atoms with Gasteiger partial charge in [-0.25, -0.2) is 8.42 Å². The summed E-state index contributed by atoms with van der Waals surface area (Å²) >= 11 is 0. The minimum Gasteiger partial charge on any atom is -0.292 e. The Kier molecular flexibility index (Phi) is 6.07. The maximum absolute atomic E-state index is 12.4. The molecule has 0 spiro atoms. The number of likely N-dealkylation sites (N-methyl/N-ethyl adjacent to an activating group) is 1. The number of anilines is 1. The Morgan fingerprint density at radius 3 is 2.44 bits per heavy atom. The molecule has 0 atom stereocenters. The summed E-state index contributed by atoms with van der Waals surface area (Å²) in [6.45, 7) is -0.518. The van der Waals surface area contributed by atoms with Gasteiger partial charge in [0.1, 0.15) is 5.69 Å². The summed E-state index contributed by atoms with van der Waals surface area (Å²) in [5.41, 5.74) is 4.76. The van der Waals surface area contributed by atoms with Crippen molar-refractivity contribution in [3.63, 3.8) is 0 Å². The van der Waals surface area contributed by atoms with Crippen LogP contribution in [0.15, 0.2) is 53.4 Å². The minimum atomic E-state index is -3.94. The Hall–Kier alpha value is -3.49. The van der Waals surface area contributed by atoms with E-state index in [9.17, 15) is 23.3 Å². The number of nitrogens with zero attached hydrogens (tertiary/aromatic N) is 3. The largest absolute Gasteiger partial charge is 0.294 e. The summed E-state index contributed by atoms with van der Waals surface area (Å²) in [4.78, 5) is 22.2. The standard InChI is InChI=1S/C16H15N5O5S/c1-20(27(25,26)13-8-6-12(10-17)7-9-13)11-16(22)19-18-14-4-2-3-5-15(14)21(23)24/h2-9,18H,11H2,1H3,(H,19,22). The zero-order valence-corrected chi connectivity index (χ0v) is 14.9. The van der Waals surface area contributed by atoms with E-state index in [1.807, 2.05) is 6.07 Å². The molecule has 140 valence electrons. The fraction of sp³-hybridized carbons (Fsp3) is 0.125. The van der Waals surface area contributed by atoms with Crippen molar-refractivity contribution in [2.24, 2.45) is 0 Å². The molecule has 10 nitrogen and oxygen atoms in total. The number of hydrazine groups is 1. The number of nitro benzene ring substituents is 1. The summed E-state index contributed by atoms with van der Waals surface area (Å²) < 4.78 is 25.7. The van der Waals surface area contributed by atoms with Crippen LogP contribution in [0.3, 0.4) is 0 Å². The van der Waals surface area contributed by atoms with Gasteiger partial charge in [-0.3, -0.25) is 25.8 Å². The first-order valence-corrected chi connectivity index (χ1v) is 8.94. The van der Waals surface area contributed by atoms with Gasteiger partial charge in [0.05, 0.1) is 28.0 Å². The van der Waals surface area contributed by atoms with Crippen molar-refractivity contribution >= 4 is 27.3 Å². The van der Waals surface area contributed by atoms with Gasteiger partial charge in [0, 0.05) is 13.1 Å². The summed E-state index contributed by atoms with van der Waals surface area (Å²) in [5, 5.41) is 19.7. The smallest absolute Gasteiger partial charge is 0.292 e. The van der Waals surface area contributed by atoms with Crippen molar-refractivity contribution in [2.45, 2.75) is 4.90 Å². The molecule has 11 heteroatoms. The van der Waals surface area contributed by atoms with Crippen LogP contribution >= 0.6 is 0 Å². The lowest BCUT2D eigenvalue weighted by atomic mass is 10.2. The first kappa shape index (κ1) is 19.8. The molecule has 0 radical (unpaired) electrons. The van der Waals surface area contributed by atoms with Crippen molar-refractivity contribution in [3.8, 4) is 6.07 Å². The van der Waals surface area contributed by atoms with E-state index < -0.39 is 27.4 Å². The third-order valence-electron chi connectivity index (χ3n) is 3.50. The van der Waals surface area contributed by atoms with Gasteiger partial charge in [0.15, 0.2) is 0 Å². The Bertz CT molecular complexity index is 999. The number of carbonyl (C=O) groups excluding carboxylic acids is 1. The Morgan fingerprint density at radius 2 is 1.85 bits per heavy atom. The van der Waals surface area contributed by atoms with Crippen LogP contribution in [0.1, 0.15) is 5.56 Å². The number of nitro groups is 1. The molecule has 0 heterocycles. The van der Waals surface area contributed by atoms with Gasteiger partial charge in [-0.15, -0.1) is 0 Å². The summed E-state index contributed by atoms with van der Waals surface area (Å²) in [6.07, 6.45) is 0. The number of nitriles is 1. The fourth-order valence-corrected chi connectivity index (χ4v) is 3.21. The average molecular weight is 389 g/mol. The van der Waals surface area contributed by atoms with Gasteiger partial charge in [-0.2, -0.15) is 9.57 Å². The monoisotopic (exact) mass is 389 g/mol. The molecular formula is C16H15N5O5S. The molecule has 0 unspecified atom stereocenters. The molecule has 0 bridgehead atoms. The normalized spacial score (nSPS) is 10.9. The zero-order chi connectivity index (χ0) is 20.0. The van der Waals surface area contributed by atoms with E-state index in [0.717, 1.165) is 4.31 Å². The molecule has 0 aliphatic rings. The maximum atomic E-state index is 12.4. The van der Waals surface area contributed by atoms with Crippen molar-refractivity contribution in [3.05, 3.63) is 64.2 Å². The maximum Gasteiger partial charge on any atom is 0.294 e. The quantitative estimate of drug-likeness (QED) is 0.535. The van der Waals surface area contributed by atoms with Crippen LogP contribution in [0, 0.1) is 21.4 Å². The molecule has 0 saturated carbocycles. The Balaban J connectivity index is 2.02. The van der Waals surface area contributed by atoms with Gasteiger partial charge >= 0.3 is 0 Å². The van der Waals surface area contributed by atoms with E-state index in [4.69, 9.17) is 5.26 Å². The lowest BCUT2D eigenvalue weighted by molar-refractivity contribution is -0.384. The van der Waals surface area contributed by atoms with Gasteiger partial charge < -0.3 is 0 Å². The summed E-state index contributed by atoms with van der Waals surface area (Å²) in [7, 11) is -2.72. The Labute approximate surface area is 155 Å². The molecule has 0 saturated heterocycles. The second-order valence-electron chi connectivity index (χ2n) is 5.34. The van der Waals surface area contributed by atoms with E-state index in [2.05, 4.69) is 10.9 Å². The van der Waals surface area contributed by atoms with Crippen LogP contribution in [-0.4, -0.2) is 37.1 Å². The van der Waals surface area contributed by atoms with Crippen LogP contribution in [0.2, 0.25) is 0 Å². The lowest BCUT2D eigenvalue weighted by Gasteiger charge is -2.17. The number of hydrogen-bond donors (Lipinski definition) is 2. The van der Waals surface area contributed by atoms with E-state index in [0.29, 0.717) is 5.56 Å². The number of carbonyl (C=O) groups is 1. The second-order valence-corrected chi connectivity index (χ2v) is 7.39. The number of amides is 1. The molecule has 27 heavy (non-hydrogen) atoms. The topological polar surface area (TPSA) is 145 Å². The molecular weight excluding hydrogens is 374 g/mol. The summed E-state index contributed by atoms with van der Waals surface area (Å²) in [6, 6.07) is 12.8. The number of nitrogens with one attached hydrogen (secondary N) is 2. The molecule has 0 fully saturated rings.